The predicted octanol–water partition coefficient (Wildman–Crippen LogP) is -6.32. The van der Waals surface area contributed by atoms with Crippen LogP contribution in [0, 0.1) is 0 Å². The lowest BCUT2D eigenvalue weighted by Gasteiger charge is -2.14. The van der Waals surface area contributed by atoms with Crippen molar-refractivity contribution in [2.24, 2.45) is 0 Å². The Hall–Kier alpha value is -0.230. The van der Waals surface area contributed by atoms with Gasteiger partial charge in [-0.1, -0.05) is 0 Å². The molecule has 1 aromatic carbocycles. The summed E-state index contributed by atoms with van der Waals surface area (Å²) in [4.78, 5) is 12.8. The number of nitrogens with one attached hydrogen (secondary N) is 1. The van der Waals surface area contributed by atoms with Crippen LogP contribution in [-0.4, -0.2) is 25.4 Å². The van der Waals surface area contributed by atoms with E-state index in [1.165, 1.54) is 10.6 Å². The van der Waals surface area contributed by atoms with Crippen molar-refractivity contribution >= 4 is 11.5 Å². The maximum atomic E-state index is 11.4. The van der Waals surface area contributed by atoms with Crippen LogP contribution in [0.15, 0.2) is 24.3 Å². The molecular formula is C12H20Br2N2O. The molecule has 0 unspecified atom stereocenters. The summed E-state index contributed by atoms with van der Waals surface area (Å²) >= 11 is 0. The van der Waals surface area contributed by atoms with Gasteiger partial charge in [-0.25, -0.2) is 0 Å². The summed E-state index contributed by atoms with van der Waals surface area (Å²) in [7, 11) is 0. The molecular weight excluding hydrogens is 348 g/mol. The summed E-state index contributed by atoms with van der Waals surface area (Å²) in [5, 5.41) is 0. The van der Waals surface area contributed by atoms with E-state index in [1.54, 1.807) is 0 Å². The van der Waals surface area contributed by atoms with E-state index in [2.05, 4.69) is 19.6 Å². The highest BCUT2D eigenvalue weighted by molar-refractivity contribution is 5.96. The molecule has 4 N–H and O–H groups in total. The van der Waals surface area contributed by atoms with Gasteiger partial charge < -0.3 is 44.6 Å². The highest BCUT2D eigenvalue weighted by Gasteiger charge is 2.09. The molecule has 0 saturated heterocycles. The van der Waals surface area contributed by atoms with E-state index >= 15 is 0 Å². The van der Waals surface area contributed by atoms with E-state index < -0.39 is 0 Å². The topological polar surface area (TPSA) is 49.2 Å². The number of Topliss-reactive ketones (excluding diaryl/α,β-unsaturated/α-hetero) is 1. The van der Waals surface area contributed by atoms with Gasteiger partial charge in [0.05, 0.1) is 13.1 Å². The first-order chi connectivity index (χ1) is 7.22. The first-order valence-electron chi connectivity index (χ1n) is 5.50. The number of carbonyl (C=O) groups excluding carboxylic acids is 1. The standard InChI is InChI=1S/C12H18N2O.2BrH/c1-3-14(4-2)11-7-5-10(6-8-11)12(15)9-13;;/h5-8H,3-4,9,13H2,1-2H3;2*1H. The molecule has 1 rings (SSSR count). The zero-order valence-electron chi connectivity index (χ0n) is 10.3. The summed E-state index contributed by atoms with van der Waals surface area (Å²) in [6, 6.07) is 7.86. The monoisotopic (exact) mass is 366 g/mol. The van der Waals surface area contributed by atoms with Gasteiger partial charge in [-0.15, -0.1) is 0 Å². The molecule has 0 heterocycles. The van der Waals surface area contributed by atoms with Crippen LogP contribution in [0.4, 0.5) is 5.69 Å². The molecule has 98 valence electrons. The van der Waals surface area contributed by atoms with Crippen LogP contribution < -0.4 is 44.6 Å². The molecule has 0 atom stereocenters. The molecule has 0 aliphatic rings. The number of quaternary nitrogens is 2. The second-order valence-electron chi connectivity index (χ2n) is 3.56. The number of halogens is 2. The maximum Gasteiger partial charge on any atom is 0.216 e. The van der Waals surface area contributed by atoms with E-state index in [1.807, 2.05) is 24.3 Å². The molecule has 0 aliphatic carbocycles. The molecule has 1 aromatic rings. The number of benzene rings is 1. The number of hydrogen-bond donors (Lipinski definition) is 2. The third-order valence-electron chi connectivity index (χ3n) is 2.70. The highest BCUT2D eigenvalue weighted by atomic mass is 79.9. The summed E-state index contributed by atoms with van der Waals surface area (Å²) in [5.74, 6) is 0.107. The van der Waals surface area contributed by atoms with Crippen LogP contribution in [0.3, 0.4) is 0 Å². The average Bonchev–Trinajstić information content (AvgIpc) is 2.30. The molecule has 0 saturated carbocycles. The minimum atomic E-state index is 0. The van der Waals surface area contributed by atoms with Gasteiger partial charge in [0.2, 0.25) is 5.78 Å². The van der Waals surface area contributed by atoms with Crippen LogP contribution in [0.25, 0.3) is 0 Å². The van der Waals surface area contributed by atoms with Crippen molar-refractivity contribution < 1.29 is 49.4 Å². The molecule has 0 aliphatic heterocycles. The van der Waals surface area contributed by atoms with E-state index in [0.29, 0.717) is 6.54 Å². The zero-order valence-corrected chi connectivity index (χ0v) is 13.5. The van der Waals surface area contributed by atoms with Crippen LogP contribution in [0.2, 0.25) is 0 Å². The van der Waals surface area contributed by atoms with Gasteiger partial charge in [0.25, 0.3) is 0 Å². The van der Waals surface area contributed by atoms with Crippen LogP contribution in [-0.2, 0) is 0 Å². The second kappa shape index (κ2) is 9.76. The summed E-state index contributed by atoms with van der Waals surface area (Å²) < 4.78 is 0. The molecule has 0 radical (unpaired) electrons. The summed E-state index contributed by atoms with van der Waals surface area (Å²) in [6.45, 7) is 6.79. The van der Waals surface area contributed by atoms with Gasteiger partial charge in [0.15, 0.2) is 0 Å². The van der Waals surface area contributed by atoms with E-state index in [9.17, 15) is 4.79 Å². The van der Waals surface area contributed by atoms with Crippen molar-refractivity contribution in [3.63, 3.8) is 0 Å². The summed E-state index contributed by atoms with van der Waals surface area (Å²) in [5.41, 5.74) is 5.61. The number of carbonyl (C=O) groups is 1. The third-order valence-corrected chi connectivity index (χ3v) is 2.70. The van der Waals surface area contributed by atoms with Crippen molar-refractivity contribution in [1.29, 1.82) is 0 Å². The number of hydrogen-bond acceptors (Lipinski definition) is 1. The lowest BCUT2D eigenvalue weighted by atomic mass is 10.1. The van der Waals surface area contributed by atoms with Crippen LogP contribution in [0.1, 0.15) is 24.2 Å². The Kier molecular flexibility index (Phi) is 11.0. The Labute approximate surface area is 124 Å². The Morgan fingerprint density at radius 3 is 1.94 bits per heavy atom. The molecule has 17 heavy (non-hydrogen) atoms. The van der Waals surface area contributed by atoms with Crippen molar-refractivity contribution in [2.45, 2.75) is 13.8 Å². The number of rotatable bonds is 5. The lowest BCUT2D eigenvalue weighted by molar-refractivity contribution is -0.828. The highest BCUT2D eigenvalue weighted by Crippen LogP contribution is 2.05. The lowest BCUT2D eigenvalue weighted by Crippen LogP contribution is -3.06. The molecule has 5 heteroatoms. The van der Waals surface area contributed by atoms with Gasteiger partial charge in [0, 0.05) is 5.56 Å². The fourth-order valence-corrected chi connectivity index (χ4v) is 1.69. The molecule has 0 aromatic heterocycles. The van der Waals surface area contributed by atoms with Crippen LogP contribution in [0.5, 0.6) is 0 Å². The van der Waals surface area contributed by atoms with Crippen molar-refractivity contribution in [2.75, 3.05) is 19.6 Å². The van der Waals surface area contributed by atoms with Gasteiger partial charge in [-0.3, -0.25) is 4.79 Å². The molecule has 3 nitrogen and oxygen atoms in total. The van der Waals surface area contributed by atoms with E-state index in [-0.39, 0.29) is 39.7 Å². The van der Waals surface area contributed by atoms with Gasteiger partial charge >= 0.3 is 0 Å². The molecule has 0 amide bonds. The first kappa shape index (κ1) is 19.1. The third kappa shape index (κ3) is 5.29. The smallest absolute Gasteiger partial charge is 0.216 e. The minimum Gasteiger partial charge on any atom is -1.00 e. The molecule has 0 fully saturated rings. The second-order valence-corrected chi connectivity index (χ2v) is 3.56. The average molecular weight is 368 g/mol. The van der Waals surface area contributed by atoms with Crippen molar-refractivity contribution in [1.82, 2.24) is 0 Å². The Morgan fingerprint density at radius 2 is 1.59 bits per heavy atom. The van der Waals surface area contributed by atoms with Gasteiger partial charge in [-0.2, -0.15) is 0 Å². The minimum absolute atomic E-state index is 0. The fraction of sp³-hybridized carbons (Fsp3) is 0.417. The first-order valence-corrected chi connectivity index (χ1v) is 5.50. The molecule has 0 bridgehead atoms. The van der Waals surface area contributed by atoms with Gasteiger partial charge in [0.1, 0.15) is 12.2 Å². The van der Waals surface area contributed by atoms with E-state index in [4.69, 9.17) is 0 Å². The normalized spacial score (nSPS) is 9.41. The van der Waals surface area contributed by atoms with Gasteiger partial charge in [-0.05, 0) is 38.1 Å². The SMILES string of the molecule is CC[NH+](CC)c1ccc(C(=O)C[NH3+])cc1.[Br-].[Br-]. The van der Waals surface area contributed by atoms with E-state index in [0.717, 1.165) is 18.7 Å². The Bertz CT molecular complexity index is 324. The maximum absolute atomic E-state index is 11.4. The summed E-state index contributed by atoms with van der Waals surface area (Å²) in [6.07, 6.45) is 0. The quantitative estimate of drug-likeness (QED) is 0.500. The molecule has 0 spiro atoms. The fourth-order valence-electron chi connectivity index (χ4n) is 1.69. The predicted molar refractivity (Wildman–Crippen MR) is 60.2 cm³/mol. The number of ketones is 1. The Balaban J connectivity index is 0. The van der Waals surface area contributed by atoms with Crippen molar-refractivity contribution in [3.05, 3.63) is 29.8 Å². The zero-order chi connectivity index (χ0) is 11.3. The largest absolute Gasteiger partial charge is 1.00 e. The van der Waals surface area contributed by atoms with Crippen LogP contribution >= 0.6 is 0 Å². The Morgan fingerprint density at radius 1 is 1.12 bits per heavy atom. The van der Waals surface area contributed by atoms with Crippen molar-refractivity contribution in [3.8, 4) is 0 Å².